The largest absolute Gasteiger partial charge is 0.345 e. The fourth-order valence-corrected chi connectivity index (χ4v) is 6.65. The number of rotatable bonds is 3. The van der Waals surface area contributed by atoms with Gasteiger partial charge in [-0.1, -0.05) is 58.9 Å². The number of hydrogen-bond donors (Lipinski definition) is 0. The average molecular weight is 416 g/mol. The Morgan fingerprint density at radius 3 is 2.48 bits per heavy atom. The van der Waals surface area contributed by atoms with E-state index in [4.69, 9.17) is 4.98 Å². The topological polar surface area (TPSA) is 19.4 Å². The lowest BCUT2D eigenvalue weighted by Crippen LogP contribution is -2.51. The van der Waals surface area contributed by atoms with Crippen molar-refractivity contribution in [1.29, 1.82) is 0 Å². The molecule has 1 aliphatic carbocycles. The van der Waals surface area contributed by atoms with E-state index < -0.39 is 0 Å². The van der Waals surface area contributed by atoms with Gasteiger partial charge in [-0.25, -0.2) is 4.98 Å². The van der Waals surface area contributed by atoms with E-state index in [0.717, 1.165) is 18.7 Å². The zero-order chi connectivity index (χ0) is 22.3. The van der Waals surface area contributed by atoms with Crippen LogP contribution in [0, 0.1) is 11.3 Å². The van der Waals surface area contributed by atoms with E-state index >= 15 is 0 Å². The van der Waals surface area contributed by atoms with Gasteiger partial charge in [0.1, 0.15) is 6.17 Å². The second-order valence-electron chi connectivity index (χ2n) is 11.0. The lowest BCUT2D eigenvalue weighted by molar-refractivity contribution is 0.325. The molecule has 164 valence electrons. The normalized spacial score (nSPS) is 28.8. The molecule has 1 aromatic heterocycles. The van der Waals surface area contributed by atoms with Gasteiger partial charge in [0.2, 0.25) is 0 Å². The Labute approximate surface area is 188 Å². The summed E-state index contributed by atoms with van der Waals surface area (Å²) in [4.78, 5) is 10.1. The van der Waals surface area contributed by atoms with Crippen molar-refractivity contribution in [2.24, 2.45) is 11.3 Å². The quantitative estimate of drug-likeness (QED) is 0.496. The lowest BCUT2D eigenvalue weighted by atomic mass is 9.81. The maximum atomic E-state index is 4.94. The number of pyridine rings is 1. The first-order valence-electron chi connectivity index (χ1n) is 12.0. The minimum atomic E-state index is 0.104. The first-order valence-corrected chi connectivity index (χ1v) is 12.0. The highest BCUT2D eigenvalue weighted by atomic mass is 15.5. The van der Waals surface area contributed by atoms with Gasteiger partial charge in [0, 0.05) is 29.3 Å². The highest BCUT2D eigenvalue weighted by Crippen LogP contribution is 2.73. The Kier molecular flexibility index (Phi) is 4.39. The van der Waals surface area contributed by atoms with Crippen LogP contribution in [-0.4, -0.2) is 17.2 Å². The Morgan fingerprint density at radius 1 is 1.13 bits per heavy atom. The molecule has 3 heteroatoms. The standard InChI is InChI=1S/C28H37N3/c1-9-20-21-16-19(27(6,7)8)13-14-22(21)31-25-23(12-11-15-29-25)30(17(3)4)26(31)28(10-2)18(5)24(20)28/h11-17,20,24,26H,5,9-10H2,1-4,6-8H3. The molecule has 1 saturated carbocycles. The van der Waals surface area contributed by atoms with Crippen molar-refractivity contribution in [3.63, 3.8) is 0 Å². The number of nitrogens with zero attached hydrogens (tertiary/aromatic N) is 3. The maximum Gasteiger partial charge on any atom is 0.158 e. The molecule has 0 N–H and O–H groups in total. The molecule has 0 amide bonds. The number of aromatic nitrogens is 1. The van der Waals surface area contributed by atoms with Crippen LogP contribution in [0.3, 0.4) is 0 Å². The van der Waals surface area contributed by atoms with E-state index in [0.29, 0.717) is 17.9 Å². The van der Waals surface area contributed by atoms with Crippen LogP contribution in [0.5, 0.6) is 0 Å². The Hall–Kier alpha value is -2.29. The zero-order valence-electron chi connectivity index (χ0n) is 20.2. The average Bonchev–Trinajstić information content (AvgIpc) is 3.19. The minimum Gasteiger partial charge on any atom is -0.345 e. The summed E-state index contributed by atoms with van der Waals surface area (Å²) in [6.07, 6.45) is 4.45. The van der Waals surface area contributed by atoms with E-state index in [9.17, 15) is 0 Å². The van der Waals surface area contributed by atoms with E-state index in [2.05, 4.69) is 95.2 Å². The van der Waals surface area contributed by atoms with E-state index in [1.165, 1.54) is 28.1 Å². The van der Waals surface area contributed by atoms with Crippen LogP contribution in [-0.2, 0) is 5.41 Å². The fourth-order valence-electron chi connectivity index (χ4n) is 6.65. The van der Waals surface area contributed by atoms with Gasteiger partial charge in [0.05, 0.1) is 5.69 Å². The molecule has 3 nitrogen and oxygen atoms in total. The fraction of sp³-hybridized carbons (Fsp3) is 0.536. The number of benzene rings is 1. The molecule has 4 atom stereocenters. The molecule has 5 rings (SSSR count). The summed E-state index contributed by atoms with van der Waals surface area (Å²) in [5, 5.41) is 0. The lowest BCUT2D eigenvalue weighted by Gasteiger charge is -2.40. The molecule has 31 heavy (non-hydrogen) atoms. The van der Waals surface area contributed by atoms with Crippen LogP contribution in [0.2, 0.25) is 0 Å². The van der Waals surface area contributed by atoms with Gasteiger partial charge in [-0.2, -0.15) is 0 Å². The summed E-state index contributed by atoms with van der Waals surface area (Å²) in [7, 11) is 0. The molecular weight excluding hydrogens is 378 g/mol. The van der Waals surface area contributed by atoms with Crippen LogP contribution in [0.25, 0.3) is 0 Å². The highest BCUT2D eigenvalue weighted by molar-refractivity contribution is 5.85. The predicted octanol–water partition coefficient (Wildman–Crippen LogP) is 7.16. The molecule has 1 fully saturated rings. The van der Waals surface area contributed by atoms with Crippen molar-refractivity contribution in [2.75, 3.05) is 9.80 Å². The molecule has 0 radical (unpaired) electrons. The van der Waals surface area contributed by atoms with Gasteiger partial charge in [-0.05, 0) is 67.3 Å². The number of fused-ring (bicyclic) bond motifs is 7. The summed E-state index contributed by atoms with van der Waals surface area (Å²) in [5.74, 6) is 2.15. The third-order valence-corrected chi connectivity index (χ3v) is 8.22. The smallest absolute Gasteiger partial charge is 0.158 e. The molecule has 3 aliphatic rings. The Balaban J connectivity index is 1.83. The third-order valence-electron chi connectivity index (χ3n) is 8.22. The van der Waals surface area contributed by atoms with Gasteiger partial charge in [0.25, 0.3) is 0 Å². The third kappa shape index (κ3) is 2.55. The zero-order valence-corrected chi connectivity index (χ0v) is 20.2. The van der Waals surface area contributed by atoms with E-state index in [-0.39, 0.29) is 17.0 Å². The highest BCUT2D eigenvalue weighted by Gasteiger charge is 2.70. The first-order chi connectivity index (χ1) is 14.7. The van der Waals surface area contributed by atoms with Crippen molar-refractivity contribution in [1.82, 2.24) is 4.98 Å². The molecule has 1 aromatic carbocycles. The second-order valence-corrected chi connectivity index (χ2v) is 11.0. The summed E-state index contributed by atoms with van der Waals surface area (Å²) < 4.78 is 0. The molecule has 0 saturated heterocycles. The molecule has 0 spiro atoms. The van der Waals surface area contributed by atoms with Gasteiger partial charge >= 0.3 is 0 Å². The predicted molar refractivity (Wildman–Crippen MR) is 131 cm³/mol. The molecule has 3 heterocycles. The van der Waals surface area contributed by atoms with Crippen molar-refractivity contribution in [3.8, 4) is 0 Å². The van der Waals surface area contributed by atoms with Gasteiger partial charge in [-0.3, -0.25) is 0 Å². The van der Waals surface area contributed by atoms with Crippen LogP contribution >= 0.6 is 0 Å². The molecule has 2 aliphatic heterocycles. The summed E-state index contributed by atoms with van der Waals surface area (Å²) in [6.45, 7) is 21.0. The van der Waals surface area contributed by atoms with Crippen LogP contribution in [0.15, 0.2) is 48.7 Å². The SMILES string of the molecule is C=C1C2C(CC)c3cc(C(C)(C)C)ccc3N3c4ncccc4N(C(C)C)C3C12CC. The van der Waals surface area contributed by atoms with Crippen molar-refractivity contribution >= 4 is 17.2 Å². The number of anilines is 3. The van der Waals surface area contributed by atoms with Crippen molar-refractivity contribution < 1.29 is 0 Å². The Morgan fingerprint density at radius 2 is 1.87 bits per heavy atom. The van der Waals surface area contributed by atoms with Gasteiger partial charge in [0.15, 0.2) is 5.82 Å². The van der Waals surface area contributed by atoms with Crippen molar-refractivity contribution in [3.05, 3.63) is 59.8 Å². The first kappa shape index (κ1) is 20.6. The van der Waals surface area contributed by atoms with Crippen LogP contribution in [0.1, 0.15) is 78.4 Å². The molecular formula is C28H37N3. The molecule has 4 unspecified atom stereocenters. The van der Waals surface area contributed by atoms with Gasteiger partial charge < -0.3 is 9.80 Å². The van der Waals surface area contributed by atoms with Crippen molar-refractivity contribution in [2.45, 2.75) is 84.8 Å². The van der Waals surface area contributed by atoms with Crippen LogP contribution in [0.4, 0.5) is 17.2 Å². The second kappa shape index (κ2) is 6.60. The summed E-state index contributed by atoms with van der Waals surface area (Å²) in [5.41, 5.74) is 7.19. The summed E-state index contributed by atoms with van der Waals surface area (Å²) in [6, 6.07) is 11.9. The van der Waals surface area contributed by atoms with Crippen LogP contribution < -0.4 is 9.80 Å². The monoisotopic (exact) mass is 415 g/mol. The summed E-state index contributed by atoms with van der Waals surface area (Å²) >= 11 is 0. The van der Waals surface area contributed by atoms with E-state index in [1.807, 2.05) is 6.20 Å². The number of hydrogen-bond acceptors (Lipinski definition) is 3. The van der Waals surface area contributed by atoms with E-state index in [1.54, 1.807) is 0 Å². The van der Waals surface area contributed by atoms with Gasteiger partial charge in [-0.15, -0.1) is 0 Å². The molecule has 0 bridgehead atoms. The minimum absolute atomic E-state index is 0.104. The Bertz CT molecular complexity index is 1050. The maximum absolute atomic E-state index is 4.94. The molecule has 2 aromatic rings.